The van der Waals surface area contributed by atoms with Crippen molar-refractivity contribution in [3.8, 4) is 0 Å². The van der Waals surface area contributed by atoms with Crippen LogP contribution in [0.1, 0.15) is 47.3 Å². The molecule has 0 saturated carbocycles. The van der Waals surface area contributed by atoms with Crippen LogP contribution in [0.2, 0.25) is 0 Å². The number of nitrogens with zero attached hydrogens (tertiary/aromatic N) is 3. The normalized spacial score (nSPS) is 18.5. The maximum absolute atomic E-state index is 13.9. The standard InChI is InChI=1S/C30H33N3O3S2/c1-20-15-23(4)28-27(16-20)37-30(31-28)33(19-24-8-6-5-7-9-24)29(34)25-10-12-26(13-11-25)38(35,36)32-17-21(2)14-22(3)18-32/h5-13,15-16,21-22H,14,17-19H2,1-4H3. The molecule has 2 heterocycles. The van der Waals surface area contributed by atoms with Crippen LogP contribution in [0.25, 0.3) is 10.2 Å². The van der Waals surface area contributed by atoms with Gasteiger partial charge >= 0.3 is 0 Å². The number of fused-ring (bicyclic) bond motifs is 1. The number of carbonyl (C=O) groups is 1. The fourth-order valence-electron chi connectivity index (χ4n) is 5.34. The molecule has 1 aliphatic heterocycles. The maximum atomic E-state index is 13.9. The van der Waals surface area contributed by atoms with Crippen molar-refractivity contribution < 1.29 is 13.2 Å². The first kappa shape index (κ1) is 26.5. The minimum absolute atomic E-state index is 0.216. The Bertz CT molecular complexity index is 1550. The van der Waals surface area contributed by atoms with Gasteiger partial charge in [0.15, 0.2) is 5.13 Å². The summed E-state index contributed by atoms with van der Waals surface area (Å²) in [7, 11) is -3.62. The predicted molar refractivity (Wildman–Crippen MR) is 154 cm³/mol. The van der Waals surface area contributed by atoms with Gasteiger partial charge in [0.1, 0.15) is 0 Å². The zero-order valence-corrected chi connectivity index (χ0v) is 23.8. The minimum Gasteiger partial charge on any atom is -0.279 e. The topological polar surface area (TPSA) is 70.6 Å². The van der Waals surface area contributed by atoms with Gasteiger partial charge < -0.3 is 0 Å². The minimum atomic E-state index is -3.62. The predicted octanol–water partition coefficient (Wildman–Crippen LogP) is 6.43. The van der Waals surface area contributed by atoms with Crippen LogP contribution in [0, 0.1) is 25.7 Å². The molecule has 38 heavy (non-hydrogen) atoms. The third-order valence-electron chi connectivity index (χ3n) is 7.05. The highest BCUT2D eigenvalue weighted by molar-refractivity contribution is 7.89. The van der Waals surface area contributed by atoms with Gasteiger partial charge in [-0.3, -0.25) is 9.69 Å². The van der Waals surface area contributed by atoms with Crippen molar-refractivity contribution in [2.24, 2.45) is 11.8 Å². The van der Waals surface area contributed by atoms with Gasteiger partial charge in [-0.05, 0) is 79.1 Å². The Balaban J connectivity index is 1.47. The van der Waals surface area contributed by atoms with Gasteiger partial charge in [-0.2, -0.15) is 4.31 Å². The number of hydrogen-bond acceptors (Lipinski definition) is 5. The van der Waals surface area contributed by atoms with Gasteiger partial charge in [-0.25, -0.2) is 13.4 Å². The zero-order valence-electron chi connectivity index (χ0n) is 22.2. The first-order valence-electron chi connectivity index (χ1n) is 13.0. The van der Waals surface area contributed by atoms with Gasteiger partial charge in [0.05, 0.1) is 21.7 Å². The summed E-state index contributed by atoms with van der Waals surface area (Å²) in [6.45, 7) is 9.67. The van der Waals surface area contributed by atoms with Crippen LogP contribution in [-0.4, -0.2) is 36.7 Å². The van der Waals surface area contributed by atoms with E-state index >= 15 is 0 Å². The van der Waals surface area contributed by atoms with Crippen LogP contribution in [-0.2, 0) is 16.6 Å². The summed E-state index contributed by atoms with van der Waals surface area (Å²) < 4.78 is 29.3. The van der Waals surface area contributed by atoms with Crippen LogP contribution in [0.3, 0.4) is 0 Å². The molecule has 0 radical (unpaired) electrons. The third kappa shape index (κ3) is 5.39. The molecule has 0 aliphatic carbocycles. The molecule has 5 rings (SSSR count). The number of piperidine rings is 1. The van der Waals surface area contributed by atoms with Gasteiger partial charge in [-0.1, -0.05) is 61.6 Å². The quantitative estimate of drug-likeness (QED) is 0.279. The lowest BCUT2D eigenvalue weighted by molar-refractivity contribution is 0.0985. The van der Waals surface area contributed by atoms with Gasteiger partial charge in [0.2, 0.25) is 10.0 Å². The summed E-state index contributed by atoms with van der Waals surface area (Å²) >= 11 is 1.49. The summed E-state index contributed by atoms with van der Waals surface area (Å²) in [4.78, 5) is 20.6. The second-order valence-corrected chi connectivity index (χ2v) is 13.5. The Hall–Kier alpha value is -3.07. The van der Waals surface area contributed by atoms with Crippen molar-refractivity contribution >= 4 is 42.6 Å². The average molecular weight is 548 g/mol. The highest BCUT2D eigenvalue weighted by Gasteiger charge is 2.32. The van der Waals surface area contributed by atoms with Crippen LogP contribution < -0.4 is 4.90 Å². The highest BCUT2D eigenvalue weighted by atomic mass is 32.2. The van der Waals surface area contributed by atoms with Crippen molar-refractivity contribution in [1.29, 1.82) is 0 Å². The summed E-state index contributed by atoms with van der Waals surface area (Å²) in [6.07, 6.45) is 1.03. The summed E-state index contributed by atoms with van der Waals surface area (Å²) in [6, 6.07) is 20.4. The monoisotopic (exact) mass is 547 g/mol. The van der Waals surface area contributed by atoms with E-state index in [4.69, 9.17) is 4.98 Å². The van der Waals surface area contributed by atoms with E-state index < -0.39 is 10.0 Å². The molecule has 2 unspecified atom stereocenters. The molecule has 0 bridgehead atoms. The molecular formula is C30H33N3O3S2. The summed E-state index contributed by atoms with van der Waals surface area (Å²) in [5.74, 6) is 0.427. The van der Waals surface area contributed by atoms with E-state index in [1.807, 2.05) is 37.3 Å². The maximum Gasteiger partial charge on any atom is 0.260 e. The molecule has 2 atom stereocenters. The van der Waals surface area contributed by atoms with Gasteiger partial charge in [-0.15, -0.1) is 0 Å². The molecule has 1 aromatic heterocycles. The Morgan fingerprint density at radius 3 is 2.32 bits per heavy atom. The molecule has 6 nitrogen and oxygen atoms in total. The SMILES string of the molecule is Cc1cc(C)c2nc(N(Cc3ccccc3)C(=O)c3ccc(S(=O)(=O)N4CC(C)CC(C)C4)cc3)sc2c1. The fraction of sp³-hybridized carbons (Fsp3) is 0.333. The van der Waals surface area contributed by atoms with E-state index in [-0.39, 0.29) is 10.8 Å². The van der Waals surface area contributed by atoms with Crippen molar-refractivity contribution in [3.05, 3.63) is 89.0 Å². The lowest BCUT2D eigenvalue weighted by atomic mass is 9.94. The molecular weight excluding hydrogens is 514 g/mol. The average Bonchev–Trinajstić information content (AvgIpc) is 3.31. The number of rotatable bonds is 6. The number of hydrogen-bond donors (Lipinski definition) is 0. The van der Waals surface area contributed by atoms with Gasteiger partial charge in [0.25, 0.3) is 5.91 Å². The molecule has 1 amide bonds. The van der Waals surface area contributed by atoms with Crippen molar-refractivity contribution in [1.82, 2.24) is 9.29 Å². The van der Waals surface area contributed by atoms with Crippen LogP contribution in [0.4, 0.5) is 5.13 Å². The van der Waals surface area contributed by atoms with Crippen LogP contribution in [0.5, 0.6) is 0 Å². The summed E-state index contributed by atoms with van der Waals surface area (Å²) in [5.41, 5.74) is 4.53. The number of amides is 1. The summed E-state index contributed by atoms with van der Waals surface area (Å²) in [5, 5.41) is 0.621. The molecule has 1 aliphatic rings. The molecule has 1 fully saturated rings. The molecule has 0 N–H and O–H groups in total. The second-order valence-electron chi connectivity index (χ2n) is 10.6. The molecule has 1 saturated heterocycles. The zero-order chi connectivity index (χ0) is 27.0. The first-order chi connectivity index (χ1) is 18.1. The highest BCUT2D eigenvalue weighted by Crippen LogP contribution is 2.34. The fourth-order valence-corrected chi connectivity index (χ4v) is 8.16. The Morgan fingerprint density at radius 1 is 1.00 bits per heavy atom. The molecule has 4 aromatic rings. The number of anilines is 1. The number of carbonyl (C=O) groups excluding carboxylic acids is 1. The second kappa shape index (κ2) is 10.6. The lowest BCUT2D eigenvalue weighted by Gasteiger charge is -2.34. The Morgan fingerprint density at radius 2 is 1.66 bits per heavy atom. The molecule has 198 valence electrons. The number of sulfonamides is 1. The van der Waals surface area contributed by atoms with E-state index in [0.717, 1.165) is 33.3 Å². The van der Waals surface area contributed by atoms with E-state index in [0.29, 0.717) is 42.2 Å². The van der Waals surface area contributed by atoms with E-state index in [1.165, 1.54) is 11.3 Å². The number of thiazole rings is 1. The van der Waals surface area contributed by atoms with Gasteiger partial charge in [0, 0.05) is 18.7 Å². The van der Waals surface area contributed by atoms with Crippen molar-refractivity contribution in [2.45, 2.75) is 45.6 Å². The lowest BCUT2D eigenvalue weighted by Crippen LogP contribution is -2.42. The van der Waals surface area contributed by atoms with Crippen molar-refractivity contribution in [3.63, 3.8) is 0 Å². The smallest absolute Gasteiger partial charge is 0.260 e. The first-order valence-corrected chi connectivity index (χ1v) is 15.2. The van der Waals surface area contributed by atoms with E-state index in [2.05, 4.69) is 32.9 Å². The molecule has 3 aromatic carbocycles. The van der Waals surface area contributed by atoms with E-state index in [1.54, 1.807) is 33.5 Å². The third-order valence-corrected chi connectivity index (χ3v) is 9.92. The molecule has 0 spiro atoms. The number of aryl methyl sites for hydroxylation is 2. The Labute approximate surface area is 229 Å². The number of benzene rings is 3. The van der Waals surface area contributed by atoms with Crippen molar-refractivity contribution in [2.75, 3.05) is 18.0 Å². The molecule has 8 heteroatoms. The van der Waals surface area contributed by atoms with E-state index in [9.17, 15) is 13.2 Å². The Kier molecular flexibility index (Phi) is 7.40. The number of aromatic nitrogens is 1. The van der Waals surface area contributed by atoms with Crippen LogP contribution >= 0.6 is 11.3 Å². The van der Waals surface area contributed by atoms with Crippen LogP contribution in [0.15, 0.2) is 71.6 Å². The largest absolute Gasteiger partial charge is 0.279 e.